The summed E-state index contributed by atoms with van der Waals surface area (Å²) in [4.78, 5) is 26.6. The molecule has 4 rings (SSSR count). The number of rotatable bonds is 4. The Kier molecular flexibility index (Phi) is 4.02. The summed E-state index contributed by atoms with van der Waals surface area (Å²) in [6.45, 7) is 0. The number of esters is 2. The van der Waals surface area contributed by atoms with Crippen LogP contribution in [0.1, 0.15) is 18.4 Å². The second-order valence-electron chi connectivity index (χ2n) is 6.95. The SMILES string of the molecule is COC(=O)C1(C(=O)OC)C=CN(C2(c3cccc4ccccc34)CC2)C=C1. The zero-order valence-electron chi connectivity index (χ0n) is 15.3. The number of hydrogen-bond donors (Lipinski definition) is 0. The number of carbonyl (C=O) groups excluding carboxylic acids is 2. The maximum Gasteiger partial charge on any atom is 0.331 e. The Morgan fingerprint density at radius 1 is 0.889 bits per heavy atom. The number of fused-ring (bicyclic) bond motifs is 1. The van der Waals surface area contributed by atoms with E-state index < -0.39 is 17.4 Å². The number of carbonyl (C=O) groups is 2. The third-order valence-electron chi connectivity index (χ3n) is 5.55. The minimum atomic E-state index is -1.53. The molecule has 1 aliphatic heterocycles. The van der Waals surface area contributed by atoms with Crippen LogP contribution < -0.4 is 0 Å². The van der Waals surface area contributed by atoms with E-state index in [4.69, 9.17) is 9.47 Å². The van der Waals surface area contributed by atoms with E-state index in [-0.39, 0.29) is 5.54 Å². The van der Waals surface area contributed by atoms with E-state index in [1.165, 1.54) is 30.6 Å². The molecule has 5 nitrogen and oxygen atoms in total. The maximum absolute atomic E-state index is 12.3. The fourth-order valence-electron chi connectivity index (χ4n) is 3.90. The van der Waals surface area contributed by atoms with Crippen molar-refractivity contribution >= 4 is 22.7 Å². The average molecular weight is 363 g/mol. The van der Waals surface area contributed by atoms with Gasteiger partial charge in [-0.3, -0.25) is 9.59 Å². The minimum Gasteiger partial charge on any atom is -0.468 e. The number of benzene rings is 2. The van der Waals surface area contributed by atoms with Gasteiger partial charge in [0.25, 0.3) is 0 Å². The largest absolute Gasteiger partial charge is 0.468 e. The molecule has 0 bridgehead atoms. The Hall–Kier alpha value is -3.08. The molecule has 0 spiro atoms. The summed E-state index contributed by atoms with van der Waals surface area (Å²) >= 11 is 0. The van der Waals surface area contributed by atoms with Crippen molar-refractivity contribution in [1.29, 1.82) is 0 Å². The fourth-order valence-corrected chi connectivity index (χ4v) is 3.90. The third-order valence-corrected chi connectivity index (χ3v) is 5.55. The number of methoxy groups -OCH3 is 2. The lowest BCUT2D eigenvalue weighted by Gasteiger charge is -2.34. The summed E-state index contributed by atoms with van der Waals surface area (Å²) in [5.41, 5.74) is -0.445. The van der Waals surface area contributed by atoms with Crippen LogP contribution in [0.5, 0.6) is 0 Å². The lowest BCUT2D eigenvalue weighted by atomic mass is 9.85. The Labute approximate surface area is 157 Å². The zero-order valence-corrected chi connectivity index (χ0v) is 15.3. The van der Waals surface area contributed by atoms with Crippen molar-refractivity contribution in [2.24, 2.45) is 5.41 Å². The van der Waals surface area contributed by atoms with E-state index in [0.29, 0.717) is 0 Å². The molecule has 1 saturated carbocycles. The van der Waals surface area contributed by atoms with E-state index in [1.807, 2.05) is 12.1 Å². The fraction of sp³-hybridized carbons (Fsp3) is 0.273. The van der Waals surface area contributed by atoms with Gasteiger partial charge in [-0.1, -0.05) is 42.5 Å². The van der Waals surface area contributed by atoms with E-state index >= 15 is 0 Å². The molecule has 0 unspecified atom stereocenters. The standard InChI is InChI=1S/C22H21NO4/c1-26-19(24)21(20(25)27-2)12-14-23(15-13-21)22(10-11-22)18-9-5-7-16-6-3-4-8-17(16)18/h3-9,12-15H,10-11H2,1-2H3. The van der Waals surface area contributed by atoms with Gasteiger partial charge in [-0.15, -0.1) is 0 Å². The van der Waals surface area contributed by atoms with Crippen LogP contribution in [0, 0.1) is 5.41 Å². The summed E-state index contributed by atoms with van der Waals surface area (Å²) in [5.74, 6) is -1.31. The average Bonchev–Trinajstić information content (AvgIpc) is 3.54. The van der Waals surface area contributed by atoms with Gasteiger partial charge in [0.05, 0.1) is 19.8 Å². The van der Waals surface area contributed by atoms with Gasteiger partial charge >= 0.3 is 11.9 Å². The smallest absolute Gasteiger partial charge is 0.331 e. The lowest BCUT2D eigenvalue weighted by molar-refractivity contribution is -0.161. The maximum atomic E-state index is 12.3. The van der Waals surface area contributed by atoms with E-state index in [9.17, 15) is 9.59 Å². The molecule has 0 saturated heterocycles. The van der Waals surface area contributed by atoms with Crippen LogP contribution in [-0.4, -0.2) is 31.1 Å². The van der Waals surface area contributed by atoms with Crippen molar-refractivity contribution in [1.82, 2.24) is 4.90 Å². The molecule has 0 radical (unpaired) electrons. The number of nitrogens with zero attached hydrogens (tertiary/aromatic N) is 1. The molecule has 2 aromatic rings. The van der Waals surface area contributed by atoms with Crippen molar-refractivity contribution in [3.8, 4) is 0 Å². The Morgan fingerprint density at radius 2 is 1.48 bits per heavy atom. The molecule has 1 aliphatic carbocycles. The predicted molar refractivity (Wildman–Crippen MR) is 101 cm³/mol. The van der Waals surface area contributed by atoms with Crippen molar-refractivity contribution in [2.75, 3.05) is 14.2 Å². The molecular weight excluding hydrogens is 342 g/mol. The molecule has 0 aromatic heterocycles. The molecule has 138 valence electrons. The topological polar surface area (TPSA) is 55.8 Å². The van der Waals surface area contributed by atoms with Gasteiger partial charge in [-0.25, -0.2) is 0 Å². The quantitative estimate of drug-likeness (QED) is 0.615. The number of hydrogen-bond acceptors (Lipinski definition) is 5. The summed E-state index contributed by atoms with van der Waals surface area (Å²) in [6.07, 6.45) is 8.72. The molecule has 2 aliphatic rings. The van der Waals surface area contributed by atoms with Crippen LogP contribution in [0.4, 0.5) is 0 Å². The molecule has 0 amide bonds. The highest BCUT2D eigenvalue weighted by molar-refractivity contribution is 6.04. The van der Waals surface area contributed by atoms with Crippen molar-refractivity contribution in [2.45, 2.75) is 18.4 Å². The first-order valence-electron chi connectivity index (χ1n) is 8.90. The Balaban J connectivity index is 1.73. The van der Waals surface area contributed by atoms with Crippen LogP contribution >= 0.6 is 0 Å². The Bertz CT molecular complexity index is 934. The van der Waals surface area contributed by atoms with Crippen LogP contribution in [0.15, 0.2) is 67.0 Å². The molecule has 0 N–H and O–H groups in total. The van der Waals surface area contributed by atoms with Crippen molar-refractivity contribution < 1.29 is 19.1 Å². The molecule has 0 atom stereocenters. The van der Waals surface area contributed by atoms with Crippen LogP contribution in [-0.2, 0) is 24.6 Å². The van der Waals surface area contributed by atoms with Gasteiger partial charge in [-0.2, -0.15) is 0 Å². The normalized spacial score (nSPS) is 19.0. The first-order chi connectivity index (χ1) is 13.1. The van der Waals surface area contributed by atoms with Crippen molar-refractivity contribution in [3.05, 3.63) is 72.6 Å². The highest BCUT2D eigenvalue weighted by atomic mass is 16.5. The zero-order chi connectivity index (χ0) is 19.1. The molecule has 2 aromatic carbocycles. The first-order valence-corrected chi connectivity index (χ1v) is 8.90. The predicted octanol–water partition coefficient (Wildman–Crippen LogP) is 3.50. The summed E-state index contributed by atoms with van der Waals surface area (Å²) in [6, 6.07) is 14.7. The van der Waals surface area contributed by atoms with Crippen molar-refractivity contribution in [3.63, 3.8) is 0 Å². The first kappa shape index (κ1) is 17.3. The van der Waals surface area contributed by atoms with Gasteiger partial charge in [-0.05, 0) is 41.3 Å². The highest BCUT2D eigenvalue weighted by Crippen LogP contribution is 2.54. The third kappa shape index (κ3) is 2.53. The Morgan fingerprint density at radius 3 is 2.07 bits per heavy atom. The summed E-state index contributed by atoms with van der Waals surface area (Å²) in [7, 11) is 2.53. The van der Waals surface area contributed by atoms with Gasteiger partial charge in [0.2, 0.25) is 5.41 Å². The van der Waals surface area contributed by atoms with Crippen LogP contribution in [0.2, 0.25) is 0 Å². The second kappa shape index (κ2) is 6.27. The minimum absolute atomic E-state index is 0.160. The molecule has 1 fully saturated rings. The summed E-state index contributed by atoms with van der Waals surface area (Å²) < 4.78 is 9.67. The van der Waals surface area contributed by atoms with E-state index in [2.05, 4.69) is 35.2 Å². The van der Waals surface area contributed by atoms with E-state index in [1.54, 1.807) is 24.6 Å². The molecule has 27 heavy (non-hydrogen) atoms. The highest BCUT2D eigenvalue weighted by Gasteiger charge is 2.52. The molecular formula is C22H21NO4. The monoisotopic (exact) mass is 363 g/mol. The van der Waals surface area contributed by atoms with Gasteiger partial charge in [0.15, 0.2) is 0 Å². The second-order valence-corrected chi connectivity index (χ2v) is 6.95. The van der Waals surface area contributed by atoms with Gasteiger partial charge in [0, 0.05) is 12.4 Å². The lowest BCUT2D eigenvalue weighted by Crippen LogP contribution is -2.41. The molecule has 5 heteroatoms. The molecule has 1 heterocycles. The van der Waals surface area contributed by atoms with Crippen LogP contribution in [0.3, 0.4) is 0 Å². The van der Waals surface area contributed by atoms with Gasteiger partial charge < -0.3 is 14.4 Å². The number of ether oxygens (including phenoxy) is 2. The van der Waals surface area contributed by atoms with Crippen LogP contribution in [0.25, 0.3) is 10.8 Å². The summed E-state index contributed by atoms with van der Waals surface area (Å²) in [5, 5.41) is 2.42. The van der Waals surface area contributed by atoms with E-state index in [0.717, 1.165) is 12.8 Å². The van der Waals surface area contributed by atoms with Gasteiger partial charge in [0.1, 0.15) is 0 Å².